The highest BCUT2D eigenvalue weighted by atomic mass is 32.2. The molecule has 0 aliphatic heterocycles. The molecule has 21 heavy (non-hydrogen) atoms. The van der Waals surface area contributed by atoms with Crippen molar-refractivity contribution >= 4 is 39.2 Å². The van der Waals surface area contributed by atoms with Crippen molar-refractivity contribution in [2.75, 3.05) is 13.3 Å². The fourth-order valence-corrected chi connectivity index (χ4v) is 3.59. The average molecular weight is 318 g/mol. The molecule has 3 rings (SSSR count). The number of carbonyl (C=O) groups excluding carboxylic acids is 1. The molecule has 1 amide bonds. The van der Waals surface area contributed by atoms with Crippen molar-refractivity contribution in [3.05, 3.63) is 42.0 Å². The number of nitrogens with zero attached hydrogens (tertiary/aromatic N) is 3. The largest absolute Gasteiger partial charge is 0.354 e. The van der Waals surface area contributed by atoms with Gasteiger partial charge in [-0.3, -0.25) is 4.79 Å². The van der Waals surface area contributed by atoms with E-state index in [0.29, 0.717) is 12.2 Å². The molecule has 0 aliphatic carbocycles. The molecule has 1 aromatic carbocycles. The van der Waals surface area contributed by atoms with E-state index in [0.717, 1.165) is 9.86 Å². The summed E-state index contributed by atoms with van der Waals surface area (Å²) in [5.41, 5.74) is 2.63. The number of imidazole rings is 1. The van der Waals surface area contributed by atoms with Gasteiger partial charge in [0.05, 0.1) is 16.5 Å². The van der Waals surface area contributed by atoms with Gasteiger partial charge >= 0.3 is 0 Å². The second kappa shape index (κ2) is 5.87. The topological polar surface area (TPSA) is 59.8 Å². The molecular weight excluding hydrogens is 304 g/mol. The minimum atomic E-state index is -0.170. The molecule has 0 unspecified atom stereocenters. The maximum atomic E-state index is 11.5. The second-order valence-corrected chi connectivity index (χ2v) is 6.58. The monoisotopic (exact) mass is 318 g/mol. The van der Waals surface area contributed by atoms with E-state index in [1.807, 2.05) is 16.9 Å². The van der Waals surface area contributed by atoms with Crippen molar-refractivity contribution in [2.45, 2.75) is 10.9 Å². The van der Waals surface area contributed by atoms with Crippen LogP contribution in [0.3, 0.4) is 0 Å². The van der Waals surface area contributed by atoms with E-state index in [2.05, 4.69) is 27.4 Å². The van der Waals surface area contributed by atoms with E-state index >= 15 is 0 Å². The lowest BCUT2D eigenvalue weighted by Gasteiger charge is -2.02. The standard InChI is InChI=1S/C14H14N4OS2/c1-15-13(19)11-7-18(8-16-11)6-9-3-4-10-12(5-9)21-14(17-10)20-2/h3-5,7-8H,6H2,1-2H3,(H,15,19). The van der Waals surface area contributed by atoms with Crippen LogP contribution in [0, 0.1) is 0 Å². The van der Waals surface area contributed by atoms with Gasteiger partial charge < -0.3 is 9.88 Å². The summed E-state index contributed by atoms with van der Waals surface area (Å²) in [4.78, 5) is 20.1. The van der Waals surface area contributed by atoms with E-state index in [4.69, 9.17) is 0 Å². The predicted octanol–water partition coefficient (Wildman–Crippen LogP) is 2.62. The summed E-state index contributed by atoms with van der Waals surface area (Å²) in [7, 11) is 1.60. The Kier molecular flexibility index (Phi) is 3.94. The quantitative estimate of drug-likeness (QED) is 0.751. The zero-order valence-electron chi connectivity index (χ0n) is 11.7. The van der Waals surface area contributed by atoms with Gasteiger partial charge in [0, 0.05) is 19.8 Å². The molecule has 2 aromatic heterocycles. The summed E-state index contributed by atoms with van der Waals surface area (Å²) in [6.07, 6.45) is 5.46. The van der Waals surface area contributed by atoms with Crippen LogP contribution in [-0.4, -0.2) is 33.7 Å². The number of aromatic nitrogens is 3. The Bertz CT molecular complexity index is 793. The van der Waals surface area contributed by atoms with Crippen LogP contribution >= 0.6 is 23.1 Å². The van der Waals surface area contributed by atoms with E-state index in [-0.39, 0.29) is 5.91 Å². The first-order chi connectivity index (χ1) is 10.2. The molecule has 0 radical (unpaired) electrons. The normalized spacial score (nSPS) is 11.0. The molecule has 0 bridgehead atoms. The van der Waals surface area contributed by atoms with Gasteiger partial charge in [0.2, 0.25) is 0 Å². The van der Waals surface area contributed by atoms with E-state index in [9.17, 15) is 4.79 Å². The van der Waals surface area contributed by atoms with Crippen molar-refractivity contribution in [2.24, 2.45) is 0 Å². The van der Waals surface area contributed by atoms with Crippen LogP contribution in [0.5, 0.6) is 0 Å². The Morgan fingerprint density at radius 3 is 3.10 bits per heavy atom. The summed E-state index contributed by atoms with van der Waals surface area (Å²) < 4.78 is 4.16. The van der Waals surface area contributed by atoms with Gasteiger partial charge in [-0.1, -0.05) is 17.8 Å². The Labute approximate surface area is 130 Å². The molecule has 0 spiro atoms. The summed E-state index contributed by atoms with van der Waals surface area (Å²) in [5, 5.41) is 2.57. The molecule has 3 aromatic rings. The Balaban J connectivity index is 1.84. The number of nitrogens with one attached hydrogen (secondary N) is 1. The van der Waals surface area contributed by atoms with Crippen LogP contribution in [0.2, 0.25) is 0 Å². The summed E-state index contributed by atoms with van der Waals surface area (Å²) in [6.45, 7) is 0.687. The number of rotatable bonds is 4. The van der Waals surface area contributed by atoms with Gasteiger partial charge in [-0.05, 0) is 24.0 Å². The van der Waals surface area contributed by atoms with Crippen LogP contribution in [0.25, 0.3) is 10.2 Å². The van der Waals surface area contributed by atoms with Gasteiger partial charge in [-0.15, -0.1) is 11.3 Å². The van der Waals surface area contributed by atoms with Crippen molar-refractivity contribution < 1.29 is 4.79 Å². The number of thioether (sulfide) groups is 1. The number of carbonyl (C=O) groups is 1. The molecule has 0 atom stereocenters. The number of amides is 1. The molecule has 0 saturated carbocycles. The number of hydrogen-bond acceptors (Lipinski definition) is 5. The van der Waals surface area contributed by atoms with Crippen molar-refractivity contribution in [3.63, 3.8) is 0 Å². The minimum Gasteiger partial charge on any atom is -0.354 e. The fraction of sp³-hybridized carbons (Fsp3) is 0.214. The Morgan fingerprint density at radius 1 is 1.48 bits per heavy atom. The van der Waals surface area contributed by atoms with Crippen molar-refractivity contribution in [1.82, 2.24) is 19.9 Å². The van der Waals surface area contributed by atoms with Gasteiger partial charge in [-0.25, -0.2) is 9.97 Å². The first-order valence-corrected chi connectivity index (χ1v) is 8.41. The SMILES string of the molecule is CNC(=O)c1cn(Cc2ccc3nc(SC)sc3c2)cn1. The molecule has 1 N–H and O–H groups in total. The third kappa shape index (κ3) is 2.93. The Hall–Kier alpha value is -1.86. The lowest BCUT2D eigenvalue weighted by Crippen LogP contribution is -2.18. The van der Waals surface area contributed by atoms with Crippen LogP contribution in [0.4, 0.5) is 0 Å². The number of fused-ring (bicyclic) bond motifs is 1. The van der Waals surface area contributed by atoms with Gasteiger partial charge in [-0.2, -0.15) is 0 Å². The zero-order chi connectivity index (χ0) is 14.8. The number of thiazole rings is 1. The van der Waals surface area contributed by atoms with Gasteiger partial charge in [0.25, 0.3) is 5.91 Å². The van der Waals surface area contributed by atoms with E-state index in [1.165, 1.54) is 10.3 Å². The smallest absolute Gasteiger partial charge is 0.271 e. The highest BCUT2D eigenvalue weighted by Gasteiger charge is 2.08. The summed E-state index contributed by atoms with van der Waals surface area (Å²) in [6, 6.07) is 6.25. The molecule has 7 heteroatoms. The van der Waals surface area contributed by atoms with E-state index in [1.54, 1.807) is 42.7 Å². The fourth-order valence-electron chi connectivity index (χ4n) is 2.04. The first kappa shape index (κ1) is 14.1. The van der Waals surface area contributed by atoms with Crippen LogP contribution < -0.4 is 5.32 Å². The summed E-state index contributed by atoms with van der Waals surface area (Å²) >= 11 is 3.36. The Morgan fingerprint density at radius 2 is 2.33 bits per heavy atom. The minimum absolute atomic E-state index is 0.170. The summed E-state index contributed by atoms with van der Waals surface area (Å²) in [5.74, 6) is -0.170. The zero-order valence-corrected chi connectivity index (χ0v) is 13.3. The van der Waals surface area contributed by atoms with Crippen LogP contribution in [-0.2, 0) is 6.54 Å². The average Bonchev–Trinajstić information content (AvgIpc) is 3.12. The first-order valence-electron chi connectivity index (χ1n) is 6.37. The van der Waals surface area contributed by atoms with Crippen molar-refractivity contribution in [1.29, 1.82) is 0 Å². The van der Waals surface area contributed by atoms with Crippen LogP contribution in [0.15, 0.2) is 35.1 Å². The van der Waals surface area contributed by atoms with Gasteiger partial charge in [0.15, 0.2) is 4.34 Å². The maximum Gasteiger partial charge on any atom is 0.271 e. The lowest BCUT2D eigenvalue weighted by molar-refractivity contribution is 0.0958. The number of benzene rings is 1. The molecule has 0 aliphatic rings. The molecule has 2 heterocycles. The van der Waals surface area contributed by atoms with Crippen LogP contribution in [0.1, 0.15) is 16.1 Å². The highest BCUT2D eigenvalue weighted by molar-refractivity contribution is 8.00. The lowest BCUT2D eigenvalue weighted by atomic mass is 10.2. The molecule has 5 nitrogen and oxygen atoms in total. The predicted molar refractivity (Wildman–Crippen MR) is 86.1 cm³/mol. The molecule has 0 fully saturated rings. The van der Waals surface area contributed by atoms with E-state index < -0.39 is 0 Å². The molecule has 108 valence electrons. The third-order valence-electron chi connectivity index (χ3n) is 3.07. The van der Waals surface area contributed by atoms with Gasteiger partial charge in [0.1, 0.15) is 5.69 Å². The van der Waals surface area contributed by atoms with Crippen molar-refractivity contribution in [3.8, 4) is 0 Å². The highest BCUT2D eigenvalue weighted by Crippen LogP contribution is 2.28. The second-order valence-electron chi connectivity index (χ2n) is 4.50. The maximum absolute atomic E-state index is 11.5. The number of hydrogen-bond donors (Lipinski definition) is 1. The molecule has 0 saturated heterocycles. The molecular formula is C14H14N4OS2. The third-order valence-corrected chi connectivity index (χ3v) is 5.07.